The zero-order chi connectivity index (χ0) is 17.0. The number of phenols is 1. The molecule has 1 aromatic rings. The van der Waals surface area contributed by atoms with E-state index in [9.17, 15) is 13.5 Å². The molecule has 0 saturated carbocycles. The van der Waals surface area contributed by atoms with Crippen molar-refractivity contribution in [3.05, 3.63) is 28.8 Å². The van der Waals surface area contributed by atoms with Crippen LogP contribution in [0.1, 0.15) is 30.0 Å². The molecule has 0 radical (unpaired) electrons. The summed E-state index contributed by atoms with van der Waals surface area (Å²) in [5, 5.41) is 16.1. The van der Waals surface area contributed by atoms with Gasteiger partial charge in [0.25, 0.3) is 0 Å². The SMILES string of the molecule is CCNC(=NCc1cc(C)c(O)c(C)c1)NC1CCS(=O)(=O)C1.I. The standard InChI is InChI=1S/C16H25N3O3S.HI/c1-4-17-16(19-14-5-6-23(21,22)10-14)18-9-13-7-11(2)15(20)12(3)8-13;/h7-8,14,20H,4-6,9-10H2,1-3H3,(H2,17,18,19);1H. The summed E-state index contributed by atoms with van der Waals surface area (Å²) in [4.78, 5) is 4.52. The van der Waals surface area contributed by atoms with Crippen molar-refractivity contribution in [2.24, 2.45) is 4.99 Å². The number of guanidine groups is 1. The first-order valence-corrected chi connectivity index (χ1v) is 9.67. The Labute approximate surface area is 161 Å². The van der Waals surface area contributed by atoms with Crippen molar-refractivity contribution in [1.82, 2.24) is 10.6 Å². The average molecular weight is 467 g/mol. The molecule has 3 N–H and O–H groups in total. The van der Waals surface area contributed by atoms with Crippen molar-refractivity contribution in [3.8, 4) is 5.75 Å². The van der Waals surface area contributed by atoms with E-state index in [4.69, 9.17) is 0 Å². The molecular weight excluding hydrogens is 441 g/mol. The summed E-state index contributed by atoms with van der Waals surface area (Å²) in [5.74, 6) is 1.34. The molecule has 1 aliphatic heterocycles. The second kappa shape index (κ2) is 8.89. The van der Waals surface area contributed by atoms with Crippen LogP contribution in [0.25, 0.3) is 0 Å². The van der Waals surface area contributed by atoms with E-state index in [1.807, 2.05) is 32.9 Å². The number of benzene rings is 1. The number of hydrogen-bond donors (Lipinski definition) is 3. The highest BCUT2D eigenvalue weighted by molar-refractivity contribution is 14.0. The summed E-state index contributed by atoms with van der Waals surface area (Å²) in [6.45, 7) is 6.87. The fourth-order valence-electron chi connectivity index (χ4n) is 2.73. The van der Waals surface area contributed by atoms with Crippen LogP contribution in [0.4, 0.5) is 0 Å². The number of rotatable bonds is 4. The highest BCUT2D eigenvalue weighted by Crippen LogP contribution is 2.23. The topological polar surface area (TPSA) is 90.8 Å². The van der Waals surface area contributed by atoms with Gasteiger partial charge in [-0.05, 0) is 43.9 Å². The number of aryl methyl sites for hydroxylation is 2. The van der Waals surface area contributed by atoms with Crippen LogP contribution in [0.15, 0.2) is 17.1 Å². The summed E-state index contributed by atoms with van der Waals surface area (Å²) < 4.78 is 23.1. The molecule has 0 aromatic heterocycles. The highest BCUT2D eigenvalue weighted by Gasteiger charge is 2.28. The first-order valence-electron chi connectivity index (χ1n) is 7.85. The van der Waals surface area contributed by atoms with Gasteiger partial charge in [0, 0.05) is 12.6 Å². The zero-order valence-electron chi connectivity index (χ0n) is 14.3. The maximum Gasteiger partial charge on any atom is 0.191 e. The largest absolute Gasteiger partial charge is 0.507 e. The van der Waals surface area contributed by atoms with Crippen molar-refractivity contribution in [2.75, 3.05) is 18.1 Å². The lowest BCUT2D eigenvalue weighted by Crippen LogP contribution is -2.44. The van der Waals surface area contributed by atoms with Crippen molar-refractivity contribution in [2.45, 2.75) is 39.8 Å². The molecule has 1 saturated heterocycles. The van der Waals surface area contributed by atoms with Gasteiger partial charge in [0.1, 0.15) is 5.75 Å². The van der Waals surface area contributed by atoms with Crippen molar-refractivity contribution < 1.29 is 13.5 Å². The maximum absolute atomic E-state index is 11.5. The Morgan fingerprint density at radius 3 is 2.46 bits per heavy atom. The molecule has 1 heterocycles. The van der Waals surface area contributed by atoms with Crippen molar-refractivity contribution in [3.63, 3.8) is 0 Å². The average Bonchev–Trinajstić information content (AvgIpc) is 2.81. The summed E-state index contributed by atoms with van der Waals surface area (Å²) >= 11 is 0. The first-order chi connectivity index (χ1) is 10.8. The number of sulfone groups is 1. The van der Waals surface area contributed by atoms with E-state index in [-0.39, 0.29) is 41.5 Å². The molecule has 0 bridgehead atoms. The molecule has 8 heteroatoms. The molecule has 1 atom stereocenters. The fourth-order valence-corrected chi connectivity index (χ4v) is 4.40. The van der Waals surface area contributed by atoms with Gasteiger partial charge in [0.15, 0.2) is 15.8 Å². The van der Waals surface area contributed by atoms with Crippen LogP contribution in [-0.2, 0) is 16.4 Å². The van der Waals surface area contributed by atoms with E-state index >= 15 is 0 Å². The Bertz CT molecular complexity index is 682. The van der Waals surface area contributed by atoms with Gasteiger partial charge in [-0.2, -0.15) is 0 Å². The van der Waals surface area contributed by atoms with Gasteiger partial charge in [0.05, 0.1) is 18.1 Å². The van der Waals surface area contributed by atoms with E-state index < -0.39 is 9.84 Å². The van der Waals surface area contributed by atoms with Gasteiger partial charge in [0.2, 0.25) is 0 Å². The molecule has 0 amide bonds. The summed E-state index contributed by atoms with van der Waals surface area (Å²) in [6.07, 6.45) is 0.615. The van der Waals surface area contributed by atoms with Crippen molar-refractivity contribution >= 4 is 39.8 Å². The number of aromatic hydroxyl groups is 1. The first kappa shape index (κ1) is 21.0. The predicted octanol–water partition coefficient (Wildman–Crippen LogP) is 1.87. The highest BCUT2D eigenvalue weighted by atomic mass is 127. The molecule has 6 nitrogen and oxygen atoms in total. The summed E-state index contributed by atoms with van der Waals surface area (Å²) in [6, 6.07) is 3.74. The molecule has 0 aliphatic carbocycles. The van der Waals surface area contributed by atoms with Crippen LogP contribution in [0.3, 0.4) is 0 Å². The van der Waals surface area contributed by atoms with E-state index in [0.717, 1.165) is 16.7 Å². The quantitative estimate of drug-likeness (QED) is 0.358. The van der Waals surface area contributed by atoms with Gasteiger partial charge in [-0.25, -0.2) is 13.4 Å². The van der Waals surface area contributed by atoms with E-state index in [1.165, 1.54) is 0 Å². The van der Waals surface area contributed by atoms with E-state index in [2.05, 4.69) is 15.6 Å². The van der Waals surface area contributed by atoms with Crippen LogP contribution >= 0.6 is 24.0 Å². The monoisotopic (exact) mass is 467 g/mol. The Balaban J connectivity index is 0.00000288. The smallest absolute Gasteiger partial charge is 0.191 e. The number of halogens is 1. The van der Waals surface area contributed by atoms with Gasteiger partial charge in [-0.1, -0.05) is 12.1 Å². The third-order valence-electron chi connectivity index (χ3n) is 3.89. The minimum atomic E-state index is -2.91. The molecular formula is C16H26IN3O3S. The lowest BCUT2D eigenvalue weighted by molar-refractivity contribution is 0.466. The summed E-state index contributed by atoms with van der Waals surface area (Å²) in [5.41, 5.74) is 2.67. The number of aliphatic imine (C=N–C) groups is 1. The van der Waals surface area contributed by atoms with Crippen LogP contribution in [0, 0.1) is 13.8 Å². The third kappa shape index (κ3) is 5.80. The van der Waals surface area contributed by atoms with Crippen LogP contribution in [-0.4, -0.2) is 43.6 Å². The molecule has 1 aromatic carbocycles. The van der Waals surface area contributed by atoms with Crippen LogP contribution < -0.4 is 10.6 Å². The summed E-state index contributed by atoms with van der Waals surface area (Å²) in [7, 11) is -2.91. The lowest BCUT2D eigenvalue weighted by Gasteiger charge is -2.16. The Morgan fingerprint density at radius 2 is 1.96 bits per heavy atom. The molecule has 24 heavy (non-hydrogen) atoms. The molecule has 2 rings (SSSR count). The normalized spacial score (nSPS) is 19.6. The van der Waals surface area contributed by atoms with Crippen LogP contribution in [0.2, 0.25) is 0 Å². The fraction of sp³-hybridized carbons (Fsp3) is 0.562. The van der Waals surface area contributed by atoms with Gasteiger partial charge >= 0.3 is 0 Å². The Hall–Kier alpha value is -1.03. The maximum atomic E-state index is 11.5. The predicted molar refractivity (Wildman–Crippen MR) is 108 cm³/mol. The Morgan fingerprint density at radius 1 is 1.33 bits per heavy atom. The molecule has 1 aliphatic rings. The number of nitrogens with zero attached hydrogens (tertiary/aromatic N) is 1. The van der Waals surface area contributed by atoms with Gasteiger partial charge in [-0.15, -0.1) is 24.0 Å². The lowest BCUT2D eigenvalue weighted by atomic mass is 10.1. The molecule has 136 valence electrons. The zero-order valence-corrected chi connectivity index (χ0v) is 17.4. The third-order valence-corrected chi connectivity index (χ3v) is 5.66. The molecule has 1 fully saturated rings. The van der Waals surface area contributed by atoms with Gasteiger partial charge in [-0.3, -0.25) is 0 Å². The molecule has 1 unspecified atom stereocenters. The number of hydrogen-bond acceptors (Lipinski definition) is 4. The van der Waals surface area contributed by atoms with Crippen molar-refractivity contribution in [1.29, 1.82) is 0 Å². The minimum absolute atomic E-state index is 0. The number of phenolic OH excluding ortho intramolecular Hbond substituents is 1. The second-order valence-electron chi connectivity index (χ2n) is 6.02. The number of nitrogens with one attached hydrogen (secondary N) is 2. The molecule has 0 spiro atoms. The van der Waals surface area contributed by atoms with E-state index in [0.29, 0.717) is 31.2 Å². The van der Waals surface area contributed by atoms with Gasteiger partial charge < -0.3 is 15.7 Å². The second-order valence-corrected chi connectivity index (χ2v) is 8.25. The Kier molecular flexibility index (Phi) is 7.78. The van der Waals surface area contributed by atoms with Crippen LogP contribution in [0.5, 0.6) is 5.75 Å². The van der Waals surface area contributed by atoms with E-state index in [1.54, 1.807) is 0 Å². The minimum Gasteiger partial charge on any atom is -0.507 e.